The molecule has 0 radical (unpaired) electrons. The van der Waals surface area contributed by atoms with Crippen LogP contribution in [0, 0.1) is 5.92 Å². The van der Waals surface area contributed by atoms with Gasteiger partial charge in [-0.2, -0.15) is 0 Å². The zero-order valence-corrected chi connectivity index (χ0v) is 15.3. The summed E-state index contributed by atoms with van der Waals surface area (Å²) in [4.78, 5) is 33.9. The molecular weight excluding hydrogens is 312 g/mol. The van der Waals surface area contributed by atoms with Crippen LogP contribution in [0.1, 0.15) is 71.6 Å². The Morgan fingerprint density at radius 3 is 1.88 bits per heavy atom. The maximum Gasteiger partial charge on any atom is 0.308 e. The molecule has 0 rings (SSSR count). The molecule has 0 aromatic rings. The fraction of sp³-hybridized carbons (Fsp3) is 0.833. The molecule has 1 atom stereocenters. The van der Waals surface area contributed by atoms with Crippen molar-refractivity contribution in [1.29, 1.82) is 0 Å². The summed E-state index contributed by atoms with van der Waals surface area (Å²) in [6.45, 7) is 4.62. The minimum Gasteiger partial charge on any atom is -0.469 e. The van der Waals surface area contributed by atoms with E-state index in [1.165, 1.54) is 7.11 Å². The van der Waals surface area contributed by atoms with Gasteiger partial charge in [0.2, 0.25) is 0 Å². The Kier molecular flexibility index (Phi) is 14.0. The molecule has 24 heavy (non-hydrogen) atoms. The second-order valence-electron chi connectivity index (χ2n) is 5.89. The maximum atomic E-state index is 11.5. The summed E-state index contributed by atoms with van der Waals surface area (Å²) in [5, 5.41) is 0. The van der Waals surface area contributed by atoms with Gasteiger partial charge in [0.25, 0.3) is 0 Å². The molecule has 0 N–H and O–H groups in total. The molecule has 0 bridgehead atoms. The zero-order valence-electron chi connectivity index (χ0n) is 15.3. The molecule has 0 fully saturated rings. The third-order valence-electron chi connectivity index (χ3n) is 3.80. The van der Waals surface area contributed by atoms with Gasteiger partial charge in [-0.05, 0) is 44.9 Å². The molecule has 0 heterocycles. The Morgan fingerprint density at radius 1 is 0.792 bits per heavy atom. The van der Waals surface area contributed by atoms with E-state index >= 15 is 0 Å². The van der Waals surface area contributed by atoms with Crippen molar-refractivity contribution in [3.05, 3.63) is 0 Å². The number of rotatable bonds is 14. The third kappa shape index (κ3) is 12.9. The van der Waals surface area contributed by atoms with Crippen LogP contribution in [0.4, 0.5) is 0 Å². The van der Waals surface area contributed by atoms with Crippen molar-refractivity contribution in [1.82, 2.24) is 0 Å². The molecule has 140 valence electrons. The van der Waals surface area contributed by atoms with Crippen molar-refractivity contribution in [2.24, 2.45) is 5.92 Å². The molecule has 0 saturated carbocycles. The number of hydrogen-bond acceptors (Lipinski definition) is 6. The lowest BCUT2D eigenvalue weighted by atomic mass is 10.1. The summed E-state index contributed by atoms with van der Waals surface area (Å²) in [6.07, 6.45) is 6.27. The lowest BCUT2D eigenvalue weighted by Gasteiger charge is -2.09. The topological polar surface area (TPSA) is 78.9 Å². The van der Waals surface area contributed by atoms with Crippen LogP contribution in [-0.2, 0) is 28.6 Å². The number of carbonyl (C=O) groups excluding carboxylic acids is 3. The minimum atomic E-state index is -0.207. The summed E-state index contributed by atoms with van der Waals surface area (Å²) in [5.74, 6) is -0.599. The first-order valence-electron chi connectivity index (χ1n) is 8.90. The van der Waals surface area contributed by atoms with Crippen molar-refractivity contribution >= 4 is 17.9 Å². The second kappa shape index (κ2) is 15.0. The lowest BCUT2D eigenvalue weighted by Crippen LogP contribution is -2.14. The summed E-state index contributed by atoms with van der Waals surface area (Å²) in [5.41, 5.74) is 0. The van der Waals surface area contributed by atoms with Crippen LogP contribution in [0.2, 0.25) is 0 Å². The van der Waals surface area contributed by atoms with Crippen molar-refractivity contribution in [2.45, 2.75) is 71.6 Å². The van der Waals surface area contributed by atoms with Gasteiger partial charge in [-0.15, -0.1) is 0 Å². The maximum absolute atomic E-state index is 11.5. The Balaban J connectivity index is 3.38. The van der Waals surface area contributed by atoms with E-state index < -0.39 is 0 Å². The molecule has 0 spiro atoms. The molecule has 0 aromatic carbocycles. The van der Waals surface area contributed by atoms with Gasteiger partial charge >= 0.3 is 17.9 Å². The molecule has 0 aliphatic rings. The van der Waals surface area contributed by atoms with E-state index in [9.17, 15) is 14.4 Å². The average molecular weight is 344 g/mol. The van der Waals surface area contributed by atoms with Crippen molar-refractivity contribution in [2.75, 3.05) is 20.3 Å². The van der Waals surface area contributed by atoms with Gasteiger partial charge < -0.3 is 14.2 Å². The number of ether oxygens (including phenoxy) is 3. The third-order valence-corrected chi connectivity index (χ3v) is 3.80. The molecule has 0 amide bonds. The van der Waals surface area contributed by atoms with Crippen LogP contribution >= 0.6 is 0 Å². The molecule has 0 saturated heterocycles. The molecule has 6 nitrogen and oxygen atoms in total. The van der Waals surface area contributed by atoms with Crippen molar-refractivity contribution in [3.8, 4) is 0 Å². The van der Waals surface area contributed by atoms with E-state index in [2.05, 4.69) is 4.74 Å². The quantitative estimate of drug-likeness (QED) is 0.273. The highest BCUT2D eigenvalue weighted by Crippen LogP contribution is 2.07. The number of hydrogen-bond donors (Lipinski definition) is 0. The predicted octanol–water partition coefficient (Wildman–Crippen LogP) is 3.41. The monoisotopic (exact) mass is 344 g/mol. The largest absolute Gasteiger partial charge is 0.469 e. The van der Waals surface area contributed by atoms with Gasteiger partial charge in [0.05, 0.1) is 26.2 Å². The van der Waals surface area contributed by atoms with Gasteiger partial charge in [-0.1, -0.05) is 13.8 Å². The van der Waals surface area contributed by atoms with Crippen LogP contribution in [0.15, 0.2) is 0 Å². The SMILES string of the molecule is CCC(C)C(=O)OCCCCCC(=O)OCCCCCC(=O)OC. The number of methoxy groups -OCH3 is 1. The molecule has 0 aliphatic carbocycles. The fourth-order valence-electron chi connectivity index (χ4n) is 1.94. The second-order valence-corrected chi connectivity index (χ2v) is 5.89. The van der Waals surface area contributed by atoms with Crippen molar-refractivity contribution in [3.63, 3.8) is 0 Å². The van der Waals surface area contributed by atoms with Crippen LogP contribution in [-0.4, -0.2) is 38.2 Å². The predicted molar refractivity (Wildman–Crippen MR) is 90.3 cm³/mol. The first-order chi connectivity index (χ1) is 11.5. The number of esters is 3. The first kappa shape index (κ1) is 22.4. The standard InChI is InChI=1S/C18H32O6/c1-4-15(2)18(21)24-14-10-6-8-12-17(20)23-13-9-5-7-11-16(19)22-3/h15H,4-14H2,1-3H3. The first-order valence-corrected chi connectivity index (χ1v) is 8.90. The van der Waals surface area contributed by atoms with E-state index in [1.807, 2.05) is 13.8 Å². The van der Waals surface area contributed by atoms with Gasteiger partial charge in [0.15, 0.2) is 0 Å². The number of unbranched alkanes of at least 4 members (excludes halogenated alkanes) is 4. The average Bonchev–Trinajstić information content (AvgIpc) is 2.59. The Hall–Kier alpha value is -1.59. The Labute approximate surface area is 145 Å². The van der Waals surface area contributed by atoms with Crippen LogP contribution in [0.25, 0.3) is 0 Å². The van der Waals surface area contributed by atoms with Crippen LogP contribution in [0.3, 0.4) is 0 Å². The van der Waals surface area contributed by atoms with Gasteiger partial charge in [0.1, 0.15) is 0 Å². The van der Waals surface area contributed by atoms with Crippen LogP contribution < -0.4 is 0 Å². The number of carbonyl (C=O) groups is 3. The molecular formula is C18H32O6. The molecule has 0 aromatic heterocycles. The highest BCUT2D eigenvalue weighted by Gasteiger charge is 2.11. The van der Waals surface area contributed by atoms with Gasteiger partial charge in [-0.25, -0.2) is 0 Å². The normalized spacial score (nSPS) is 11.6. The van der Waals surface area contributed by atoms with Crippen LogP contribution in [0.5, 0.6) is 0 Å². The smallest absolute Gasteiger partial charge is 0.308 e. The Morgan fingerprint density at radius 2 is 1.33 bits per heavy atom. The minimum absolute atomic E-state index is 0.0485. The fourth-order valence-corrected chi connectivity index (χ4v) is 1.94. The van der Waals surface area contributed by atoms with E-state index in [-0.39, 0.29) is 23.8 Å². The Bertz CT molecular complexity index is 367. The summed E-state index contributed by atoms with van der Waals surface area (Å²) < 4.78 is 14.8. The van der Waals surface area contributed by atoms with Crippen molar-refractivity contribution < 1.29 is 28.6 Å². The summed E-state index contributed by atoms with van der Waals surface area (Å²) >= 11 is 0. The van der Waals surface area contributed by atoms with Gasteiger partial charge in [0, 0.05) is 12.8 Å². The van der Waals surface area contributed by atoms with Gasteiger partial charge in [-0.3, -0.25) is 14.4 Å². The molecule has 1 unspecified atom stereocenters. The molecule has 0 aliphatic heterocycles. The van der Waals surface area contributed by atoms with E-state index in [0.29, 0.717) is 26.1 Å². The van der Waals surface area contributed by atoms with E-state index in [4.69, 9.17) is 9.47 Å². The van der Waals surface area contributed by atoms with E-state index in [0.717, 1.165) is 44.9 Å². The summed E-state index contributed by atoms with van der Waals surface area (Å²) in [6, 6.07) is 0. The lowest BCUT2D eigenvalue weighted by molar-refractivity contribution is -0.148. The highest BCUT2D eigenvalue weighted by molar-refractivity contribution is 5.71. The summed E-state index contributed by atoms with van der Waals surface area (Å²) in [7, 11) is 1.37. The molecule has 6 heteroatoms. The zero-order chi connectivity index (χ0) is 18.2. The van der Waals surface area contributed by atoms with E-state index in [1.54, 1.807) is 0 Å². The highest BCUT2D eigenvalue weighted by atomic mass is 16.5.